The Labute approximate surface area is 57.8 Å². The number of rotatable bonds is 1. The van der Waals surface area contributed by atoms with Gasteiger partial charge in [0.1, 0.15) is 0 Å². The van der Waals surface area contributed by atoms with Gasteiger partial charge in [0.15, 0.2) is 0 Å². The largest absolute Gasteiger partial charge is 0.615 e. The zero-order valence-corrected chi connectivity index (χ0v) is 5.94. The first-order chi connectivity index (χ1) is 4.30. The summed E-state index contributed by atoms with van der Waals surface area (Å²) in [5, 5.41) is 2.87. The second kappa shape index (κ2) is 2.94. The number of allylic oxidation sites excluding steroid dienone is 2. The second-order valence-electron chi connectivity index (χ2n) is 1.76. The van der Waals surface area contributed by atoms with Gasteiger partial charge in [-0.25, -0.2) is 0 Å². The lowest BCUT2D eigenvalue weighted by Crippen LogP contribution is -2.31. The van der Waals surface area contributed by atoms with Gasteiger partial charge in [-0.2, -0.15) is 0 Å². The summed E-state index contributed by atoms with van der Waals surface area (Å²) in [7, 11) is 0. The van der Waals surface area contributed by atoms with Crippen molar-refractivity contribution in [3.05, 3.63) is 24.4 Å². The molecule has 9 heavy (non-hydrogen) atoms. The van der Waals surface area contributed by atoms with E-state index in [1.807, 2.05) is 6.08 Å². The average Bonchev–Trinajstić information content (AvgIpc) is 1.90. The monoisotopic (exact) mass is 142 g/mol. The summed E-state index contributed by atoms with van der Waals surface area (Å²) in [6, 6.07) is 0. The van der Waals surface area contributed by atoms with Crippen LogP contribution in [0.2, 0.25) is 0 Å². The Hall–Kier alpha value is -0.410. The zero-order chi connectivity index (χ0) is 6.69. The summed E-state index contributed by atoms with van der Waals surface area (Å²) >= 11 is -0.821. The van der Waals surface area contributed by atoms with E-state index in [0.29, 0.717) is 0 Å². The molecule has 0 bridgehead atoms. The molecule has 0 saturated carbocycles. The van der Waals surface area contributed by atoms with Gasteiger partial charge in [0.05, 0.1) is 6.26 Å². The number of hydrogen-bond donors (Lipinski definition) is 1. The number of dihydropyridines is 1. The average molecular weight is 142 g/mol. The Morgan fingerprint density at radius 3 is 2.89 bits per heavy atom. The van der Waals surface area contributed by atoms with Crippen LogP contribution in [0.25, 0.3) is 0 Å². The molecule has 3 heteroatoms. The van der Waals surface area contributed by atoms with Crippen LogP contribution in [-0.2, 0) is 11.2 Å². The molecular formula is C6H8NOS. The van der Waals surface area contributed by atoms with Crippen LogP contribution < -0.4 is 5.32 Å². The number of hydrogen-bond acceptors (Lipinski definition) is 2. The molecule has 1 rings (SSSR count). The van der Waals surface area contributed by atoms with Gasteiger partial charge >= 0.3 is 0 Å². The van der Waals surface area contributed by atoms with E-state index in [4.69, 9.17) is 0 Å². The molecule has 0 saturated heterocycles. The SMILES string of the molecule is C[S+]([O-])C1C=C[C]=CN1. The third kappa shape index (κ3) is 1.77. The normalized spacial score (nSPS) is 27.6. The van der Waals surface area contributed by atoms with Crippen LogP contribution in [0.4, 0.5) is 0 Å². The first-order valence-corrected chi connectivity index (χ1v) is 4.25. The van der Waals surface area contributed by atoms with E-state index in [2.05, 4.69) is 11.4 Å². The third-order valence-electron chi connectivity index (χ3n) is 1.06. The first-order valence-electron chi connectivity index (χ1n) is 2.63. The van der Waals surface area contributed by atoms with Crippen LogP contribution in [0.3, 0.4) is 0 Å². The van der Waals surface area contributed by atoms with E-state index >= 15 is 0 Å². The van der Waals surface area contributed by atoms with Crippen molar-refractivity contribution >= 4 is 11.2 Å². The highest BCUT2D eigenvalue weighted by Crippen LogP contribution is 2.00. The molecule has 0 aromatic carbocycles. The minimum atomic E-state index is -0.821. The third-order valence-corrected chi connectivity index (χ3v) is 2.06. The molecule has 1 N–H and O–H groups in total. The molecule has 0 aliphatic carbocycles. The molecule has 0 aromatic heterocycles. The minimum absolute atomic E-state index is 0.0220. The summed E-state index contributed by atoms with van der Waals surface area (Å²) in [6.45, 7) is 0. The molecule has 1 aliphatic rings. The van der Waals surface area contributed by atoms with E-state index in [-0.39, 0.29) is 5.37 Å². The molecule has 0 aromatic rings. The fraction of sp³-hybridized carbons (Fsp3) is 0.333. The van der Waals surface area contributed by atoms with Crippen molar-refractivity contribution in [2.24, 2.45) is 0 Å². The highest BCUT2D eigenvalue weighted by Gasteiger charge is 2.12. The highest BCUT2D eigenvalue weighted by molar-refractivity contribution is 7.91. The summed E-state index contributed by atoms with van der Waals surface area (Å²) in [5.41, 5.74) is 0. The molecule has 2 nitrogen and oxygen atoms in total. The van der Waals surface area contributed by atoms with Crippen molar-refractivity contribution in [2.45, 2.75) is 5.37 Å². The Balaban J connectivity index is 2.46. The van der Waals surface area contributed by atoms with Crippen molar-refractivity contribution in [2.75, 3.05) is 6.26 Å². The lowest BCUT2D eigenvalue weighted by molar-refractivity contribution is 0.587. The maximum absolute atomic E-state index is 10.7. The molecule has 2 unspecified atom stereocenters. The van der Waals surface area contributed by atoms with E-state index in [1.54, 1.807) is 18.5 Å². The van der Waals surface area contributed by atoms with Gasteiger partial charge in [0.25, 0.3) is 0 Å². The predicted octanol–water partition coefficient (Wildman–Crippen LogP) is 0.167. The lowest BCUT2D eigenvalue weighted by Gasteiger charge is -2.16. The van der Waals surface area contributed by atoms with Crippen molar-refractivity contribution in [3.8, 4) is 0 Å². The molecule has 2 atom stereocenters. The zero-order valence-electron chi connectivity index (χ0n) is 5.13. The Kier molecular flexibility index (Phi) is 2.19. The minimum Gasteiger partial charge on any atom is -0.615 e. The summed E-state index contributed by atoms with van der Waals surface area (Å²) in [6.07, 6.45) is 9.75. The number of nitrogens with one attached hydrogen (secondary N) is 1. The fourth-order valence-electron chi connectivity index (χ4n) is 0.583. The van der Waals surface area contributed by atoms with Gasteiger partial charge in [-0.1, -0.05) is 0 Å². The van der Waals surface area contributed by atoms with E-state index in [0.717, 1.165) is 0 Å². The fourth-order valence-corrected chi connectivity index (χ4v) is 1.14. The first kappa shape index (κ1) is 6.71. The highest BCUT2D eigenvalue weighted by atomic mass is 32.2. The van der Waals surface area contributed by atoms with E-state index in [9.17, 15) is 4.55 Å². The molecule has 1 radical (unpaired) electrons. The maximum Gasteiger partial charge on any atom is 0.204 e. The van der Waals surface area contributed by atoms with Crippen LogP contribution >= 0.6 is 0 Å². The Morgan fingerprint density at radius 1 is 1.78 bits per heavy atom. The maximum atomic E-state index is 10.7. The van der Waals surface area contributed by atoms with Crippen LogP contribution in [0.5, 0.6) is 0 Å². The Bertz CT molecular complexity index is 142. The van der Waals surface area contributed by atoms with Crippen molar-refractivity contribution < 1.29 is 4.55 Å². The summed E-state index contributed by atoms with van der Waals surface area (Å²) in [5.74, 6) is 0. The summed E-state index contributed by atoms with van der Waals surface area (Å²) < 4.78 is 10.7. The van der Waals surface area contributed by atoms with Crippen molar-refractivity contribution in [1.82, 2.24) is 5.32 Å². The second-order valence-corrected chi connectivity index (χ2v) is 3.26. The quantitative estimate of drug-likeness (QED) is 0.529. The van der Waals surface area contributed by atoms with Crippen LogP contribution in [0, 0.1) is 6.08 Å². The van der Waals surface area contributed by atoms with Gasteiger partial charge in [-0.05, 0) is 29.4 Å². The topological polar surface area (TPSA) is 35.1 Å². The van der Waals surface area contributed by atoms with Crippen molar-refractivity contribution in [3.63, 3.8) is 0 Å². The molecule has 1 aliphatic heterocycles. The molecule has 0 fully saturated rings. The van der Waals surface area contributed by atoms with E-state index in [1.165, 1.54) is 0 Å². The molecular weight excluding hydrogens is 134 g/mol. The van der Waals surface area contributed by atoms with Crippen molar-refractivity contribution in [1.29, 1.82) is 0 Å². The standard InChI is InChI=1S/C6H8NOS/c1-9(8)6-4-2-3-5-7-6/h2,4-7H,1H3. The molecule has 0 spiro atoms. The van der Waals surface area contributed by atoms with Crippen LogP contribution in [0.15, 0.2) is 18.4 Å². The lowest BCUT2D eigenvalue weighted by atomic mass is 10.4. The van der Waals surface area contributed by atoms with Gasteiger partial charge in [0.2, 0.25) is 5.37 Å². The van der Waals surface area contributed by atoms with Crippen LogP contribution in [0.1, 0.15) is 0 Å². The smallest absolute Gasteiger partial charge is 0.204 e. The molecule has 1 heterocycles. The Morgan fingerprint density at radius 2 is 2.56 bits per heavy atom. The molecule has 49 valence electrons. The van der Waals surface area contributed by atoms with Gasteiger partial charge in [-0.3, -0.25) is 0 Å². The van der Waals surface area contributed by atoms with Crippen LogP contribution in [-0.4, -0.2) is 16.2 Å². The predicted molar refractivity (Wildman–Crippen MR) is 37.9 cm³/mol. The molecule has 0 amide bonds. The van der Waals surface area contributed by atoms with Gasteiger partial charge in [-0.15, -0.1) is 0 Å². The van der Waals surface area contributed by atoms with Gasteiger partial charge in [0, 0.05) is 6.20 Å². The van der Waals surface area contributed by atoms with Gasteiger partial charge < -0.3 is 9.87 Å². The van der Waals surface area contributed by atoms with E-state index < -0.39 is 11.2 Å². The summed E-state index contributed by atoms with van der Waals surface area (Å²) in [4.78, 5) is 0.